The molecule has 24 heavy (non-hydrogen) atoms. The lowest BCUT2D eigenvalue weighted by atomic mass is 10.1. The lowest BCUT2D eigenvalue weighted by Gasteiger charge is -2.16. The summed E-state index contributed by atoms with van der Waals surface area (Å²) in [6.07, 6.45) is 0.560. The number of phenolic OH excluding ortho intramolecular Hbond substituents is 1. The summed E-state index contributed by atoms with van der Waals surface area (Å²) < 4.78 is 6.78. The molecule has 0 radical (unpaired) electrons. The Hall–Kier alpha value is -2.83. The number of amides is 1. The number of hydrogen-bond donors (Lipinski definition) is 2. The van der Waals surface area contributed by atoms with E-state index < -0.39 is 18.0 Å². The lowest BCUT2D eigenvalue weighted by Crippen LogP contribution is -2.31. The second-order valence-corrected chi connectivity index (χ2v) is 5.81. The van der Waals surface area contributed by atoms with Gasteiger partial charge in [0.05, 0.1) is 6.20 Å². The highest BCUT2D eigenvalue weighted by atomic mass is 16.5. The number of aromatic nitrogens is 2. The van der Waals surface area contributed by atoms with Crippen LogP contribution in [0.15, 0.2) is 30.5 Å². The van der Waals surface area contributed by atoms with Crippen molar-refractivity contribution in [2.45, 2.75) is 39.8 Å². The van der Waals surface area contributed by atoms with Gasteiger partial charge in [0.1, 0.15) is 17.1 Å². The zero-order valence-corrected chi connectivity index (χ0v) is 14.1. The SMILES string of the molecule is Cc1ccc(C(=O)O[C@@H](C)C(=O)Nc2ccnn2C(C)C)c(O)c1. The van der Waals surface area contributed by atoms with Crippen LogP contribution in [0.5, 0.6) is 5.75 Å². The molecule has 0 fully saturated rings. The average Bonchev–Trinajstić information content (AvgIpc) is 2.95. The van der Waals surface area contributed by atoms with E-state index in [0.29, 0.717) is 5.82 Å². The Balaban J connectivity index is 2.03. The van der Waals surface area contributed by atoms with Gasteiger partial charge in [-0.05, 0) is 45.4 Å². The van der Waals surface area contributed by atoms with Gasteiger partial charge in [-0.3, -0.25) is 4.79 Å². The van der Waals surface area contributed by atoms with E-state index in [1.165, 1.54) is 19.1 Å². The van der Waals surface area contributed by atoms with E-state index in [9.17, 15) is 14.7 Å². The largest absolute Gasteiger partial charge is 0.507 e. The number of hydrogen-bond acceptors (Lipinski definition) is 5. The third-order valence-electron chi connectivity index (χ3n) is 3.44. The summed E-state index contributed by atoms with van der Waals surface area (Å²) in [5, 5.41) is 16.6. The molecule has 1 aromatic carbocycles. The van der Waals surface area contributed by atoms with Gasteiger partial charge in [-0.15, -0.1) is 0 Å². The summed E-state index contributed by atoms with van der Waals surface area (Å²) in [6, 6.07) is 6.35. The van der Waals surface area contributed by atoms with Gasteiger partial charge in [-0.1, -0.05) is 6.07 Å². The molecule has 1 amide bonds. The van der Waals surface area contributed by atoms with Crippen LogP contribution in [0, 0.1) is 6.92 Å². The third-order valence-corrected chi connectivity index (χ3v) is 3.44. The molecule has 7 nitrogen and oxygen atoms in total. The Labute approximate surface area is 140 Å². The van der Waals surface area contributed by atoms with Crippen molar-refractivity contribution in [2.75, 3.05) is 5.32 Å². The normalized spacial score (nSPS) is 12.0. The molecule has 0 aliphatic heterocycles. The minimum Gasteiger partial charge on any atom is -0.507 e. The number of esters is 1. The van der Waals surface area contributed by atoms with E-state index >= 15 is 0 Å². The first-order valence-electron chi connectivity index (χ1n) is 7.64. The fourth-order valence-electron chi connectivity index (χ4n) is 2.14. The molecule has 0 saturated carbocycles. The maximum absolute atomic E-state index is 12.2. The standard InChI is InChI=1S/C17H21N3O4/c1-10(2)20-15(7-8-18-20)19-16(22)12(4)24-17(23)13-6-5-11(3)9-14(13)21/h5-10,12,21H,1-4H3,(H,19,22)/t12-/m0/s1. The van der Waals surface area contributed by atoms with Gasteiger partial charge in [0.15, 0.2) is 6.10 Å². The Morgan fingerprint density at radius 3 is 2.58 bits per heavy atom. The number of carbonyl (C=O) groups is 2. The second-order valence-electron chi connectivity index (χ2n) is 5.81. The first kappa shape index (κ1) is 17.5. The fourth-order valence-corrected chi connectivity index (χ4v) is 2.14. The molecular formula is C17H21N3O4. The van der Waals surface area contributed by atoms with Crippen molar-refractivity contribution in [3.8, 4) is 5.75 Å². The maximum Gasteiger partial charge on any atom is 0.342 e. The van der Waals surface area contributed by atoms with Crippen molar-refractivity contribution in [1.29, 1.82) is 0 Å². The number of benzene rings is 1. The minimum absolute atomic E-state index is 0.0208. The van der Waals surface area contributed by atoms with E-state index in [1.807, 2.05) is 13.8 Å². The maximum atomic E-state index is 12.2. The predicted molar refractivity (Wildman–Crippen MR) is 89.0 cm³/mol. The Bertz CT molecular complexity index is 752. The van der Waals surface area contributed by atoms with Gasteiger partial charge < -0.3 is 15.2 Å². The molecular weight excluding hydrogens is 310 g/mol. The summed E-state index contributed by atoms with van der Waals surface area (Å²) in [7, 11) is 0. The zero-order valence-electron chi connectivity index (χ0n) is 14.1. The molecule has 128 valence electrons. The highest BCUT2D eigenvalue weighted by Crippen LogP contribution is 2.20. The molecule has 0 aliphatic rings. The van der Waals surface area contributed by atoms with Crippen LogP contribution in [0.3, 0.4) is 0 Å². The second kappa shape index (κ2) is 7.16. The van der Waals surface area contributed by atoms with Gasteiger partial charge in [0, 0.05) is 12.1 Å². The molecule has 1 heterocycles. The van der Waals surface area contributed by atoms with Gasteiger partial charge in [0.2, 0.25) is 0 Å². The van der Waals surface area contributed by atoms with Crippen molar-refractivity contribution in [2.24, 2.45) is 0 Å². The summed E-state index contributed by atoms with van der Waals surface area (Å²) in [5.74, 6) is -0.883. The lowest BCUT2D eigenvalue weighted by molar-refractivity contribution is -0.123. The van der Waals surface area contributed by atoms with Gasteiger partial charge in [-0.2, -0.15) is 5.10 Å². The summed E-state index contributed by atoms with van der Waals surface area (Å²) in [4.78, 5) is 24.3. The predicted octanol–water partition coefficient (Wildman–Crippen LogP) is 2.66. The topological polar surface area (TPSA) is 93.5 Å². The van der Waals surface area contributed by atoms with Crippen LogP contribution in [0.25, 0.3) is 0 Å². The molecule has 0 saturated heterocycles. The molecule has 2 aromatic rings. The molecule has 1 aromatic heterocycles. The first-order chi connectivity index (χ1) is 11.3. The monoisotopic (exact) mass is 331 g/mol. The van der Waals surface area contributed by atoms with Crippen LogP contribution in [0.4, 0.5) is 5.82 Å². The van der Waals surface area contributed by atoms with Gasteiger partial charge in [0.25, 0.3) is 5.91 Å². The number of carbonyl (C=O) groups excluding carboxylic acids is 2. The van der Waals surface area contributed by atoms with Crippen molar-refractivity contribution in [3.63, 3.8) is 0 Å². The molecule has 2 rings (SSSR count). The van der Waals surface area contributed by atoms with Crippen molar-refractivity contribution < 1.29 is 19.4 Å². The Kier molecular flexibility index (Phi) is 5.23. The number of aromatic hydroxyl groups is 1. The first-order valence-corrected chi connectivity index (χ1v) is 7.64. The van der Waals surface area contributed by atoms with Crippen LogP contribution < -0.4 is 5.32 Å². The number of nitrogens with zero attached hydrogens (tertiary/aromatic N) is 2. The van der Waals surface area contributed by atoms with Crippen LogP contribution in [0.1, 0.15) is 42.7 Å². The van der Waals surface area contributed by atoms with Crippen LogP contribution in [-0.2, 0) is 9.53 Å². The average molecular weight is 331 g/mol. The summed E-state index contributed by atoms with van der Waals surface area (Å²) in [5.41, 5.74) is 0.837. The number of nitrogens with one attached hydrogen (secondary N) is 1. The molecule has 7 heteroatoms. The Morgan fingerprint density at radius 2 is 1.96 bits per heavy atom. The van der Waals surface area contributed by atoms with E-state index in [2.05, 4.69) is 10.4 Å². The van der Waals surface area contributed by atoms with E-state index in [4.69, 9.17) is 4.74 Å². The number of anilines is 1. The Morgan fingerprint density at radius 1 is 1.25 bits per heavy atom. The van der Waals surface area contributed by atoms with Gasteiger partial charge in [-0.25, -0.2) is 9.48 Å². The molecule has 0 aliphatic carbocycles. The zero-order chi connectivity index (χ0) is 17.9. The van der Waals surface area contributed by atoms with Crippen LogP contribution in [0.2, 0.25) is 0 Å². The molecule has 0 bridgehead atoms. The van der Waals surface area contributed by atoms with E-state index in [-0.39, 0.29) is 17.4 Å². The number of phenols is 1. The summed E-state index contributed by atoms with van der Waals surface area (Å²) in [6.45, 7) is 7.13. The van der Waals surface area contributed by atoms with E-state index in [1.54, 1.807) is 29.9 Å². The molecule has 0 spiro atoms. The van der Waals surface area contributed by atoms with Gasteiger partial charge >= 0.3 is 5.97 Å². The number of ether oxygens (including phenoxy) is 1. The number of rotatable bonds is 5. The molecule has 2 N–H and O–H groups in total. The molecule has 0 unspecified atom stereocenters. The van der Waals surface area contributed by atoms with Crippen molar-refractivity contribution in [3.05, 3.63) is 41.6 Å². The fraction of sp³-hybridized carbons (Fsp3) is 0.353. The minimum atomic E-state index is -1.02. The van der Waals surface area contributed by atoms with Crippen LogP contribution in [-0.4, -0.2) is 32.9 Å². The molecule has 1 atom stereocenters. The third kappa shape index (κ3) is 3.92. The highest BCUT2D eigenvalue weighted by Gasteiger charge is 2.22. The quantitative estimate of drug-likeness (QED) is 0.822. The summed E-state index contributed by atoms with van der Waals surface area (Å²) >= 11 is 0. The smallest absolute Gasteiger partial charge is 0.342 e. The van der Waals surface area contributed by atoms with Crippen LogP contribution >= 0.6 is 0 Å². The highest BCUT2D eigenvalue weighted by molar-refractivity contribution is 5.98. The number of aryl methyl sites for hydroxylation is 1. The van der Waals surface area contributed by atoms with E-state index in [0.717, 1.165) is 5.56 Å². The van der Waals surface area contributed by atoms with Crippen molar-refractivity contribution >= 4 is 17.7 Å². The van der Waals surface area contributed by atoms with Crippen molar-refractivity contribution in [1.82, 2.24) is 9.78 Å².